The maximum Gasteiger partial charge on any atom is 0.200 e. The number of halogens is 2. The minimum absolute atomic E-state index is 0.147. The zero-order valence-corrected chi connectivity index (χ0v) is 13.6. The van der Waals surface area contributed by atoms with E-state index in [-0.39, 0.29) is 16.9 Å². The van der Waals surface area contributed by atoms with Crippen molar-refractivity contribution in [1.29, 1.82) is 0 Å². The van der Waals surface area contributed by atoms with E-state index < -0.39 is 11.7 Å². The molecule has 0 aliphatic heterocycles. The van der Waals surface area contributed by atoms with Crippen LogP contribution in [0.1, 0.15) is 33.6 Å². The Morgan fingerprint density at radius 3 is 1.81 bits per heavy atom. The average Bonchev–Trinajstić information content (AvgIpc) is 2.49. The molecule has 0 radical (unpaired) electrons. The van der Waals surface area contributed by atoms with Gasteiger partial charge >= 0.3 is 0 Å². The van der Waals surface area contributed by atoms with Crippen LogP contribution < -0.4 is 0 Å². The lowest BCUT2D eigenvalue weighted by atomic mass is 10.1. The SMILES string of the molecule is C=C(/C=C\C(=C)C(=C)/C(F)=C(/F)C(=C)OC)CC.CCC. The van der Waals surface area contributed by atoms with Crippen molar-refractivity contribution in [2.45, 2.75) is 33.6 Å². The van der Waals surface area contributed by atoms with E-state index >= 15 is 0 Å². The van der Waals surface area contributed by atoms with Crippen molar-refractivity contribution in [3.8, 4) is 0 Å². The van der Waals surface area contributed by atoms with Crippen LogP contribution in [0.15, 0.2) is 72.6 Å². The Bertz CT molecular complexity index is 454. The normalized spacial score (nSPS) is 11.1. The van der Waals surface area contributed by atoms with Gasteiger partial charge in [-0.15, -0.1) is 0 Å². The first kappa shape index (κ1) is 21.4. The lowest BCUT2D eigenvalue weighted by Gasteiger charge is -2.06. The van der Waals surface area contributed by atoms with Gasteiger partial charge < -0.3 is 4.74 Å². The first-order valence-electron chi connectivity index (χ1n) is 6.79. The first-order chi connectivity index (χ1) is 9.76. The van der Waals surface area contributed by atoms with Crippen LogP contribution in [0.2, 0.25) is 0 Å². The molecule has 118 valence electrons. The van der Waals surface area contributed by atoms with Crippen LogP contribution in [0.25, 0.3) is 0 Å². The van der Waals surface area contributed by atoms with Gasteiger partial charge in [0, 0.05) is 5.57 Å². The Morgan fingerprint density at radius 1 is 0.952 bits per heavy atom. The van der Waals surface area contributed by atoms with Gasteiger partial charge in [-0.3, -0.25) is 0 Å². The van der Waals surface area contributed by atoms with E-state index in [1.54, 1.807) is 6.08 Å². The van der Waals surface area contributed by atoms with Crippen LogP contribution in [0, 0.1) is 0 Å². The predicted octanol–water partition coefficient (Wildman–Crippen LogP) is 6.35. The molecule has 1 nitrogen and oxygen atoms in total. The molecule has 0 aliphatic rings. The number of allylic oxidation sites excluding steroid dienone is 7. The van der Waals surface area contributed by atoms with E-state index in [0.29, 0.717) is 0 Å². The van der Waals surface area contributed by atoms with E-state index in [1.807, 2.05) is 6.92 Å². The molecule has 0 amide bonds. The molecular weight excluding hydrogens is 270 g/mol. The summed E-state index contributed by atoms with van der Waals surface area (Å²) in [5.41, 5.74) is 0.974. The highest BCUT2D eigenvalue weighted by Crippen LogP contribution is 2.26. The van der Waals surface area contributed by atoms with Crippen LogP contribution >= 0.6 is 0 Å². The second kappa shape index (κ2) is 11.9. The summed E-state index contributed by atoms with van der Waals surface area (Å²) in [6.45, 7) is 20.2. The fourth-order valence-corrected chi connectivity index (χ4v) is 0.922. The van der Waals surface area contributed by atoms with Crippen molar-refractivity contribution < 1.29 is 13.5 Å². The average molecular weight is 296 g/mol. The van der Waals surface area contributed by atoms with Gasteiger partial charge in [0.15, 0.2) is 5.83 Å². The summed E-state index contributed by atoms with van der Waals surface area (Å²) in [7, 11) is 1.21. The Balaban J connectivity index is 0. The molecule has 0 unspecified atom stereocenters. The molecule has 21 heavy (non-hydrogen) atoms. The Morgan fingerprint density at radius 2 is 1.43 bits per heavy atom. The third-order valence-corrected chi connectivity index (χ3v) is 2.31. The van der Waals surface area contributed by atoms with Gasteiger partial charge in [0.05, 0.1) is 7.11 Å². The highest BCUT2D eigenvalue weighted by molar-refractivity contribution is 5.49. The summed E-state index contributed by atoms with van der Waals surface area (Å²) >= 11 is 0. The predicted molar refractivity (Wildman–Crippen MR) is 88.2 cm³/mol. The van der Waals surface area contributed by atoms with Crippen molar-refractivity contribution in [3.05, 3.63) is 72.6 Å². The molecule has 0 bridgehead atoms. The van der Waals surface area contributed by atoms with Crippen molar-refractivity contribution in [3.63, 3.8) is 0 Å². The summed E-state index contributed by atoms with van der Waals surface area (Å²) in [6, 6.07) is 0. The van der Waals surface area contributed by atoms with Crippen LogP contribution in [0.3, 0.4) is 0 Å². The van der Waals surface area contributed by atoms with Gasteiger partial charge in [0.25, 0.3) is 0 Å². The van der Waals surface area contributed by atoms with E-state index in [2.05, 4.69) is 44.9 Å². The maximum absolute atomic E-state index is 13.6. The lowest BCUT2D eigenvalue weighted by molar-refractivity contribution is 0.281. The third kappa shape index (κ3) is 8.79. The quantitative estimate of drug-likeness (QED) is 0.393. The first-order valence-corrected chi connectivity index (χ1v) is 6.79. The van der Waals surface area contributed by atoms with E-state index in [1.165, 1.54) is 19.6 Å². The zero-order valence-electron chi connectivity index (χ0n) is 13.6. The number of rotatable bonds is 7. The second-order valence-corrected chi connectivity index (χ2v) is 4.31. The Hall–Kier alpha value is -1.90. The van der Waals surface area contributed by atoms with Gasteiger partial charge in [-0.1, -0.05) is 71.2 Å². The van der Waals surface area contributed by atoms with Gasteiger partial charge in [-0.05, 0) is 12.0 Å². The second-order valence-electron chi connectivity index (χ2n) is 4.31. The minimum Gasteiger partial charge on any atom is -0.494 e. The van der Waals surface area contributed by atoms with Crippen molar-refractivity contribution in [2.24, 2.45) is 0 Å². The summed E-state index contributed by atoms with van der Waals surface area (Å²) in [5, 5.41) is 0. The van der Waals surface area contributed by atoms with Crippen molar-refractivity contribution >= 4 is 0 Å². The number of ether oxygens (including phenoxy) is 1. The number of hydrogen-bond acceptors (Lipinski definition) is 1. The third-order valence-electron chi connectivity index (χ3n) is 2.31. The Kier molecular flexibility index (Phi) is 12.1. The molecule has 0 rings (SSSR count). The van der Waals surface area contributed by atoms with Gasteiger partial charge in [0.1, 0.15) is 5.76 Å². The molecule has 0 aromatic heterocycles. The van der Waals surface area contributed by atoms with Crippen LogP contribution in [-0.2, 0) is 4.74 Å². The monoisotopic (exact) mass is 296 g/mol. The molecule has 0 fully saturated rings. The van der Waals surface area contributed by atoms with Crippen molar-refractivity contribution in [2.75, 3.05) is 7.11 Å². The lowest BCUT2D eigenvalue weighted by Crippen LogP contribution is -1.93. The maximum atomic E-state index is 13.6. The standard InChI is InChI=1S/C15H18F2O.C3H8/c1-7-10(2)8-9-11(3)12(4)14(16)15(17)13(5)18-6;1-3-2/h8-9H,2-5,7H2,1,6H3;3H2,1-2H3/b9-8-,15-14-;. The molecule has 0 saturated heterocycles. The zero-order chi connectivity index (χ0) is 17.0. The van der Waals surface area contributed by atoms with Gasteiger partial charge in [-0.25, -0.2) is 4.39 Å². The summed E-state index contributed by atoms with van der Waals surface area (Å²) in [4.78, 5) is 0. The molecule has 0 spiro atoms. The fraction of sp³-hybridized carbons (Fsp3) is 0.333. The van der Waals surface area contributed by atoms with Crippen molar-refractivity contribution in [1.82, 2.24) is 0 Å². The molecule has 0 atom stereocenters. The molecule has 0 heterocycles. The summed E-state index contributed by atoms with van der Waals surface area (Å²) in [6.07, 6.45) is 5.24. The number of methoxy groups -OCH3 is 1. The van der Waals surface area contributed by atoms with E-state index in [9.17, 15) is 8.78 Å². The van der Waals surface area contributed by atoms with E-state index in [0.717, 1.165) is 12.0 Å². The van der Waals surface area contributed by atoms with Gasteiger partial charge in [0.2, 0.25) is 5.83 Å². The number of hydrogen-bond donors (Lipinski definition) is 0. The Labute approximate surface area is 127 Å². The smallest absolute Gasteiger partial charge is 0.200 e. The van der Waals surface area contributed by atoms with Crippen LogP contribution in [-0.4, -0.2) is 7.11 Å². The summed E-state index contributed by atoms with van der Waals surface area (Å²) < 4.78 is 31.5. The van der Waals surface area contributed by atoms with E-state index in [4.69, 9.17) is 0 Å². The highest BCUT2D eigenvalue weighted by Gasteiger charge is 2.14. The molecule has 0 aromatic carbocycles. The molecule has 0 aliphatic carbocycles. The molecule has 0 saturated carbocycles. The highest BCUT2D eigenvalue weighted by atomic mass is 19.2. The molecular formula is C18H26F2O. The summed E-state index contributed by atoms with van der Waals surface area (Å²) in [5.74, 6) is -2.69. The minimum atomic E-state index is -1.17. The molecule has 3 heteroatoms. The fourth-order valence-electron chi connectivity index (χ4n) is 0.922. The van der Waals surface area contributed by atoms with Gasteiger partial charge in [-0.2, -0.15) is 4.39 Å². The molecule has 0 aromatic rings. The topological polar surface area (TPSA) is 9.23 Å². The molecule has 0 N–H and O–H groups in total. The van der Waals surface area contributed by atoms with Crippen LogP contribution in [0.4, 0.5) is 8.78 Å². The largest absolute Gasteiger partial charge is 0.494 e. The van der Waals surface area contributed by atoms with Crippen LogP contribution in [0.5, 0.6) is 0 Å².